The van der Waals surface area contributed by atoms with E-state index in [0.717, 1.165) is 12.1 Å². The topological polar surface area (TPSA) is 55.9 Å². The van der Waals surface area contributed by atoms with Gasteiger partial charge in [0, 0.05) is 12.6 Å². The van der Waals surface area contributed by atoms with Crippen molar-refractivity contribution < 1.29 is 0 Å². The minimum Gasteiger partial charge on any atom is -0.271 e. The molecule has 2 aromatic rings. The zero-order valence-corrected chi connectivity index (χ0v) is 12.6. The molecular formula is C17H24N4. The first-order valence-electron chi connectivity index (χ1n) is 7.83. The lowest BCUT2D eigenvalue weighted by molar-refractivity contribution is 0.457. The molecule has 1 heterocycles. The van der Waals surface area contributed by atoms with Gasteiger partial charge < -0.3 is 0 Å². The Kier molecular flexibility index (Phi) is 4.36. The van der Waals surface area contributed by atoms with E-state index in [9.17, 15) is 0 Å². The Morgan fingerprint density at radius 1 is 1.29 bits per heavy atom. The van der Waals surface area contributed by atoms with E-state index in [1.165, 1.54) is 36.8 Å². The highest BCUT2D eigenvalue weighted by Gasteiger charge is 2.19. The summed E-state index contributed by atoms with van der Waals surface area (Å²) in [5, 5.41) is 4.76. The molecule has 1 fully saturated rings. The number of nitrogens with one attached hydrogen (secondary N) is 1. The summed E-state index contributed by atoms with van der Waals surface area (Å²) in [4.78, 5) is 0. The van der Waals surface area contributed by atoms with Crippen LogP contribution in [0.5, 0.6) is 0 Å². The molecule has 0 radical (unpaired) electrons. The van der Waals surface area contributed by atoms with Gasteiger partial charge in [-0.2, -0.15) is 5.10 Å². The fourth-order valence-electron chi connectivity index (χ4n) is 3.30. The highest BCUT2D eigenvalue weighted by molar-refractivity contribution is 5.29. The molecule has 1 aromatic heterocycles. The van der Waals surface area contributed by atoms with Crippen LogP contribution >= 0.6 is 0 Å². The van der Waals surface area contributed by atoms with Crippen LogP contribution in [0.4, 0.5) is 0 Å². The van der Waals surface area contributed by atoms with Crippen LogP contribution < -0.4 is 11.3 Å². The molecule has 1 unspecified atom stereocenters. The second kappa shape index (κ2) is 6.41. The fraction of sp³-hybridized carbons (Fsp3) is 0.471. The van der Waals surface area contributed by atoms with Crippen molar-refractivity contribution in [2.24, 2.45) is 5.84 Å². The molecule has 0 amide bonds. The molecule has 4 nitrogen and oxygen atoms in total. The van der Waals surface area contributed by atoms with Gasteiger partial charge in [0.1, 0.15) is 0 Å². The number of hydrazine groups is 1. The predicted octanol–water partition coefficient (Wildman–Crippen LogP) is 3.05. The summed E-state index contributed by atoms with van der Waals surface area (Å²) < 4.78 is 2.15. The largest absolute Gasteiger partial charge is 0.271 e. The van der Waals surface area contributed by atoms with Crippen LogP contribution in [0.1, 0.15) is 54.6 Å². The summed E-state index contributed by atoms with van der Waals surface area (Å²) in [6.45, 7) is 2.12. The SMILES string of the molecule is Cc1ccccc1C(Cc1ccn(C2CCCC2)n1)NN. The lowest BCUT2D eigenvalue weighted by Crippen LogP contribution is -2.30. The van der Waals surface area contributed by atoms with Crippen LogP contribution in [0.3, 0.4) is 0 Å². The van der Waals surface area contributed by atoms with Crippen molar-refractivity contribution in [2.75, 3.05) is 0 Å². The summed E-state index contributed by atoms with van der Waals surface area (Å²) in [6.07, 6.45) is 8.12. The van der Waals surface area contributed by atoms with Crippen molar-refractivity contribution >= 4 is 0 Å². The van der Waals surface area contributed by atoms with E-state index in [4.69, 9.17) is 10.9 Å². The molecule has 0 spiro atoms. The maximum absolute atomic E-state index is 5.77. The minimum absolute atomic E-state index is 0.109. The number of hydrogen-bond donors (Lipinski definition) is 2. The van der Waals surface area contributed by atoms with E-state index >= 15 is 0 Å². The van der Waals surface area contributed by atoms with Gasteiger partial charge in [0.2, 0.25) is 0 Å². The first-order valence-corrected chi connectivity index (χ1v) is 7.83. The monoisotopic (exact) mass is 284 g/mol. The molecule has 21 heavy (non-hydrogen) atoms. The zero-order valence-electron chi connectivity index (χ0n) is 12.6. The Bertz CT molecular complexity index is 584. The van der Waals surface area contributed by atoms with Crippen LogP contribution in [-0.2, 0) is 6.42 Å². The number of aryl methyl sites for hydroxylation is 1. The van der Waals surface area contributed by atoms with Crippen molar-refractivity contribution in [2.45, 2.75) is 51.1 Å². The van der Waals surface area contributed by atoms with Crippen LogP contribution in [0, 0.1) is 6.92 Å². The lowest BCUT2D eigenvalue weighted by atomic mass is 9.98. The van der Waals surface area contributed by atoms with Crippen LogP contribution in [0.25, 0.3) is 0 Å². The van der Waals surface area contributed by atoms with Crippen molar-refractivity contribution in [3.8, 4) is 0 Å². The van der Waals surface area contributed by atoms with Gasteiger partial charge in [-0.3, -0.25) is 16.0 Å². The number of nitrogens with two attached hydrogens (primary N) is 1. The zero-order chi connectivity index (χ0) is 14.7. The first-order chi connectivity index (χ1) is 10.3. The van der Waals surface area contributed by atoms with Gasteiger partial charge in [-0.1, -0.05) is 37.1 Å². The van der Waals surface area contributed by atoms with Crippen LogP contribution in [0.15, 0.2) is 36.5 Å². The Balaban J connectivity index is 1.74. The summed E-state index contributed by atoms with van der Waals surface area (Å²) in [5.41, 5.74) is 6.55. The molecule has 0 saturated heterocycles. The molecule has 0 aliphatic heterocycles. The van der Waals surface area contributed by atoms with E-state index in [0.29, 0.717) is 6.04 Å². The predicted molar refractivity (Wildman–Crippen MR) is 84.7 cm³/mol. The van der Waals surface area contributed by atoms with Crippen LogP contribution in [0.2, 0.25) is 0 Å². The van der Waals surface area contributed by atoms with Gasteiger partial charge in [0.15, 0.2) is 0 Å². The average Bonchev–Trinajstić information content (AvgIpc) is 3.16. The second-order valence-electron chi connectivity index (χ2n) is 6.01. The molecule has 4 heteroatoms. The molecule has 3 rings (SSSR count). The molecular weight excluding hydrogens is 260 g/mol. The van der Waals surface area contributed by atoms with Crippen molar-refractivity contribution in [1.82, 2.24) is 15.2 Å². The summed E-state index contributed by atoms with van der Waals surface area (Å²) >= 11 is 0. The number of aromatic nitrogens is 2. The van der Waals surface area contributed by atoms with Gasteiger partial charge in [-0.25, -0.2) is 0 Å². The summed E-state index contributed by atoms with van der Waals surface area (Å²) in [7, 11) is 0. The molecule has 1 saturated carbocycles. The van der Waals surface area contributed by atoms with Gasteiger partial charge >= 0.3 is 0 Å². The third-order valence-corrected chi connectivity index (χ3v) is 4.54. The Morgan fingerprint density at radius 3 is 2.76 bits per heavy atom. The maximum atomic E-state index is 5.77. The van der Waals surface area contributed by atoms with Crippen LogP contribution in [-0.4, -0.2) is 9.78 Å². The van der Waals surface area contributed by atoms with E-state index in [2.05, 4.69) is 53.6 Å². The third-order valence-electron chi connectivity index (χ3n) is 4.54. The van der Waals surface area contributed by atoms with Gasteiger partial charge in [-0.15, -0.1) is 0 Å². The average molecular weight is 284 g/mol. The highest BCUT2D eigenvalue weighted by atomic mass is 15.3. The first kappa shape index (κ1) is 14.3. The molecule has 1 aliphatic rings. The van der Waals surface area contributed by atoms with Gasteiger partial charge in [0.05, 0.1) is 17.8 Å². The van der Waals surface area contributed by atoms with Crippen molar-refractivity contribution in [1.29, 1.82) is 0 Å². The Labute approximate surface area is 126 Å². The molecule has 1 atom stereocenters. The summed E-state index contributed by atoms with van der Waals surface area (Å²) in [5.74, 6) is 5.77. The lowest BCUT2D eigenvalue weighted by Gasteiger charge is -2.17. The number of nitrogens with zero attached hydrogens (tertiary/aromatic N) is 2. The summed E-state index contributed by atoms with van der Waals surface area (Å²) in [6, 6.07) is 11.2. The number of benzene rings is 1. The molecule has 3 N–H and O–H groups in total. The minimum atomic E-state index is 0.109. The van der Waals surface area contributed by atoms with Crippen molar-refractivity contribution in [3.63, 3.8) is 0 Å². The van der Waals surface area contributed by atoms with E-state index in [-0.39, 0.29) is 6.04 Å². The third kappa shape index (κ3) is 3.17. The molecule has 1 aromatic carbocycles. The maximum Gasteiger partial charge on any atom is 0.0644 e. The van der Waals surface area contributed by atoms with Gasteiger partial charge in [0.25, 0.3) is 0 Å². The quantitative estimate of drug-likeness (QED) is 0.655. The molecule has 0 bridgehead atoms. The smallest absolute Gasteiger partial charge is 0.0644 e. The fourth-order valence-corrected chi connectivity index (χ4v) is 3.30. The van der Waals surface area contributed by atoms with Crippen molar-refractivity contribution in [3.05, 3.63) is 53.3 Å². The Hall–Kier alpha value is -1.65. The second-order valence-corrected chi connectivity index (χ2v) is 6.01. The standard InChI is InChI=1S/C17H24N4/c1-13-6-2-5-9-16(13)17(19-18)12-14-10-11-21(20-14)15-7-3-4-8-15/h2,5-6,9-11,15,17,19H,3-4,7-8,12,18H2,1H3. The molecule has 112 valence electrons. The van der Waals surface area contributed by atoms with E-state index in [1.54, 1.807) is 0 Å². The van der Waals surface area contributed by atoms with E-state index < -0.39 is 0 Å². The van der Waals surface area contributed by atoms with E-state index in [1.807, 2.05) is 0 Å². The highest BCUT2D eigenvalue weighted by Crippen LogP contribution is 2.29. The Morgan fingerprint density at radius 2 is 2.05 bits per heavy atom. The number of hydrogen-bond acceptors (Lipinski definition) is 3. The van der Waals surface area contributed by atoms with Gasteiger partial charge in [-0.05, 0) is 37.0 Å². The molecule has 1 aliphatic carbocycles. The normalized spacial score (nSPS) is 17.2. The number of rotatable bonds is 5.